The molecule has 3 nitrogen and oxygen atoms in total. The van der Waals surface area contributed by atoms with Crippen LogP contribution in [-0.2, 0) is 6.54 Å². The van der Waals surface area contributed by atoms with E-state index < -0.39 is 0 Å². The fourth-order valence-electron chi connectivity index (χ4n) is 1.88. The first-order chi connectivity index (χ1) is 8.63. The van der Waals surface area contributed by atoms with Gasteiger partial charge in [-0.3, -0.25) is 0 Å². The summed E-state index contributed by atoms with van der Waals surface area (Å²) in [6.07, 6.45) is 0. The number of hydrogen-bond donors (Lipinski definition) is 1. The molecule has 2 N–H and O–H groups in total. The highest BCUT2D eigenvalue weighted by Gasteiger charge is 2.09. The van der Waals surface area contributed by atoms with Crippen LogP contribution in [0.25, 0.3) is 11.0 Å². The third-order valence-electron chi connectivity index (χ3n) is 2.68. The molecule has 0 bridgehead atoms. The molecule has 0 radical (unpaired) electrons. The normalized spacial score (nSPS) is 11.2. The maximum Gasteiger partial charge on any atom is 0.201 e. The number of thiophene rings is 1. The topological polar surface area (TPSA) is 43.8 Å². The Morgan fingerprint density at radius 1 is 1.39 bits per heavy atom. The Hall–Kier alpha value is -1.04. The van der Waals surface area contributed by atoms with Crippen molar-refractivity contribution < 1.29 is 0 Å². The van der Waals surface area contributed by atoms with E-state index in [0.717, 1.165) is 22.1 Å². The van der Waals surface area contributed by atoms with Gasteiger partial charge in [-0.25, -0.2) is 4.98 Å². The third-order valence-corrected chi connectivity index (χ3v) is 4.59. The highest BCUT2D eigenvalue weighted by Crippen LogP contribution is 2.25. The Kier molecular flexibility index (Phi) is 3.05. The number of aromatic nitrogens is 2. The molecule has 3 rings (SSSR count). The summed E-state index contributed by atoms with van der Waals surface area (Å²) in [5.41, 5.74) is 7.79. The highest BCUT2D eigenvalue weighted by molar-refractivity contribution is 9.10. The molecular formula is C12H9BrClN3S. The zero-order chi connectivity index (χ0) is 12.7. The summed E-state index contributed by atoms with van der Waals surface area (Å²) in [7, 11) is 0. The molecule has 2 heterocycles. The lowest BCUT2D eigenvalue weighted by Crippen LogP contribution is -2.03. The number of anilines is 1. The van der Waals surface area contributed by atoms with Crippen LogP contribution in [0.1, 0.15) is 4.88 Å². The van der Waals surface area contributed by atoms with Gasteiger partial charge in [-0.05, 0) is 40.2 Å². The number of benzene rings is 1. The Morgan fingerprint density at radius 2 is 2.22 bits per heavy atom. The number of hydrogen-bond acceptors (Lipinski definition) is 3. The summed E-state index contributed by atoms with van der Waals surface area (Å²) in [4.78, 5) is 5.55. The number of nitrogens with two attached hydrogens (primary N) is 1. The predicted octanol–water partition coefficient (Wildman–Crippen LogP) is 4.14. The Morgan fingerprint density at radius 3 is 2.94 bits per heavy atom. The molecule has 0 amide bonds. The summed E-state index contributed by atoms with van der Waals surface area (Å²) < 4.78 is 3.08. The molecule has 2 aromatic heterocycles. The summed E-state index contributed by atoms with van der Waals surface area (Å²) in [5.74, 6) is 0.511. The smallest absolute Gasteiger partial charge is 0.201 e. The molecule has 0 aliphatic rings. The summed E-state index contributed by atoms with van der Waals surface area (Å²) in [6.45, 7) is 0.722. The van der Waals surface area contributed by atoms with E-state index in [0.29, 0.717) is 11.0 Å². The van der Waals surface area contributed by atoms with Crippen molar-refractivity contribution in [2.24, 2.45) is 0 Å². The van der Waals surface area contributed by atoms with Crippen LogP contribution < -0.4 is 5.73 Å². The van der Waals surface area contributed by atoms with Gasteiger partial charge in [0.2, 0.25) is 5.95 Å². The van der Waals surface area contributed by atoms with Crippen molar-refractivity contribution in [2.45, 2.75) is 6.54 Å². The lowest BCUT2D eigenvalue weighted by Gasteiger charge is -2.04. The van der Waals surface area contributed by atoms with Gasteiger partial charge in [0.25, 0.3) is 0 Å². The molecule has 92 valence electrons. The molecule has 0 fully saturated rings. The van der Waals surface area contributed by atoms with Gasteiger partial charge in [-0.2, -0.15) is 0 Å². The standard InChI is InChI=1S/C12H9BrClN3S/c13-7-3-9(18-6-7)5-17-11-2-1-8(14)4-10(11)16-12(17)15/h1-4,6H,5H2,(H2,15,16). The second-order valence-electron chi connectivity index (χ2n) is 3.92. The van der Waals surface area contributed by atoms with E-state index in [1.807, 2.05) is 22.8 Å². The van der Waals surface area contributed by atoms with E-state index >= 15 is 0 Å². The van der Waals surface area contributed by atoms with Gasteiger partial charge >= 0.3 is 0 Å². The van der Waals surface area contributed by atoms with Gasteiger partial charge in [0.05, 0.1) is 17.6 Å². The van der Waals surface area contributed by atoms with E-state index in [9.17, 15) is 0 Å². The number of nitrogens with zero attached hydrogens (tertiary/aromatic N) is 2. The highest BCUT2D eigenvalue weighted by atomic mass is 79.9. The first-order valence-electron chi connectivity index (χ1n) is 5.27. The lowest BCUT2D eigenvalue weighted by atomic mass is 10.3. The van der Waals surface area contributed by atoms with Crippen LogP contribution in [0.4, 0.5) is 5.95 Å². The molecule has 18 heavy (non-hydrogen) atoms. The molecule has 0 atom stereocenters. The molecule has 0 saturated carbocycles. The fraction of sp³-hybridized carbons (Fsp3) is 0.0833. The van der Waals surface area contributed by atoms with Gasteiger partial charge in [0, 0.05) is 19.8 Å². The van der Waals surface area contributed by atoms with Crippen molar-refractivity contribution in [2.75, 3.05) is 5.73 Å². The fourth-order valence-corrected chi connectivity index (χ4v) is 3.49. The summed E-state index contributed by atoms with van der Waals surface area (Å²) in [5, 5.41) is 2.73. The van der Waals surface area contributed by atoms with Crippen molar-refractivity contribution in [3.05, 3.63) is 44.0 Å². The van der Waals surface area contributed by atoms with Gasteiger partial charge < -0.3 is 10.3 Å². The third kappa shape index (κ3) is 2.13. The van der Waals surface area contributed by atoms with Crippen molar-refractivity contribution in [1.82, 2.24) is 9.55 Å². The zero-order valence-corrected chi connectivity index (χ0v) is 12.4. The van der Waals surface area contributed by atoms with Crippen LogP contribution in [-0.4, -0.2) is 9.55 Å². The predicted molar refractivity (Wildman–Crippen MR) is 80.3 cm³/mol. The van der Waals surface area contributed by atoms with Crippen LogP contribution in [0.3, 0.4) is 0 Å². The molecule has 0 aliphatic carbocycles. The quantitative estimate of drug-likeness (QED) is 0.760. The van der Waals surface area contributed by atoms with E-state index in [-0.39, 0.29) is 0 Å². The molecule has 0 aliphatic heterocycles. The van der Waals surface area contributed by atoms with Crippen molar-refractivity contribution >= 4 is 55.8 Å². The van der Waals surface area contributed by atoms with E-state index in [1.54, 1.807) is 11.3 Å². The SMILES string of the molecule is Nc1nc2cc(Cl)ccc2n1Cc1cc(Br)cs1. The van der Waals surface area contributed by atoms with E-state index in [4.69, 9.17) is 17.3 Å². The van der Waals surface area contributed by atoms with E-state index in [2.05, 4.69) is 32.4 Å². The number of rotatable bonds is 2. The molecule has 0 saturated heterocycles. The number of imidazole rings is 1. The monoisotopic (exact) mass is 341 g/mol. The lowest BCUT2D eigenvalue weighted by molar-refractivity contribution is 0.852. The average molecular weight is 343 g/mol. The molecule has 1 aromatic carbocycles. The summed E-state index contributed by atoms with van der Waals surface area (Å²) >= 11 is 11.1. The minimum Gasteiger partial charge on any atom is -0.369 e. The van der Waals surface area contributed by atoms with E-state index in [1.165, 1.54) is 4.88 Å². The molecular weight excluding hydrogens is 334 g/mol. The second kappa shape index (κ2) is 4.57. The molecule has 0 unspecified atom stereocenters. The van der Waals surface area contributed by atoms with Crippen LogP contribution in [0.5, 0.6) is 0 Å². The molecule has 3 aromatic rings. The van der Waals surface area contributed by atoms with Crippen LogP contribution in [0.2, 0.25) is 5.02 Å². The number of nitrogen functional groups attached to an aromatic ring is 1. The zero-order valence-electron chi connectivity index (χ0n) is 9.23. The van der Waals surface area contributed by atoms with Gasteiger partial charge in [-0.1, -0.05) is 11.6 Å². The van der Waals surface area contributed by atoms with Gasteiger partial charge in [-0.15, -0.1) is 11.3 Å². The molecule has 6 heteroatoms. The minimum atomic E-state index is 0.511. The first kappa shape index (κ1) is 12.0. The Balaban J connectivity index is 2.08. The Bertz CT molecular complexity index is 719. The van der Waals surface area contributed by atoms with Gasteiger partial charge in [0.1, 0.15) is 0 Å². The average Bonchev–Trinajstić information content (AvgIpc) is 2.84. The first-order valence-corrected chi connectivity index (χ1v) is 7.33. The van der Waals surface area contributed by atoms with Crippen molar-refractivity contribution in [1.29, 1.82) is 0 Å². The van der Waals surface area contributed by atoms with Crippen molar-refractivity contribution in [3.63, 3.8) is 0 Å². The van der Waals surface area contributed by atoms with Crippen LogP contribution >= 0.6 is 38.9 Å². The molecule has 0 spiro atoms. The largest absolute Gasteiger partial charge is 0.369 e. The minimum absolute atomic E-state index is 0.511. The summed E-state index contributed by atoms with van der Waals surface area (Å²) in [6, 6.07) is 7.72. The maximum absolute atomic E-state index is 5.96. The van der Waals surface area contributed by atoms with Gasteiger partial charge in [0.15, 0.2) is 0 Å². The van der Waals surface area contributed by atoms with Crippen LogP contribution in [0, 0.1) is 0 Å². The second-order valence-corrected chi connectivity index (χ2v) is 6.27. The number of fused-ring (bicyclic) bond motifs is 1. The Labute approximate surface area is 121 Å². The number of halogens is 2. The van der Waals surface area contributed by atoms with Crippen molar-refractivity contribution in [3.8, 4) is 0 Å². The van der Waals surface area contributed by atoms with Crippen LogP contribution in [0.15, 0.2) is 34.1 Å². The maximum atomic E-state index is 5.96.